The fraction of sp³-hybridized carbons (Fsp3) is 0.889. The maximum atomic E-state index is 11.2. The molecule has 0 aliphatic carbocycles. The molecular formula is C9H21NO3Si. The highest BCUT2D eigenvalue weighted by Gasteiger charge is 2.21. The lowest BCUT2D eigenvalue weighted by atomic mass is 10.2. The van der Waals surface area contributed by atoms with E-state index in [0.717, 1.165) is 6.04 Å². The molecule has 0 radical (unpaired) electrons. The van der Waals surface area contributed by atoms with E-state index in [0.29, 0.717) is 6.61 Å². The summed E-state index contributed by atoms with van der Waals surface area (Å²) in [7, 11) is -1.17. The molecule has 0 heterocycles. The maximum Gasteiger partial charge on any atom is 0.325 e. The third-order valence-corrected chi connectivity index (χ3v) is 3.59. The Hall–Kier alpha value is -0.393. The van der Waals surface area contributed by atoms with E-state index in [1.807, 2.05) is 0 Å². The van der Waals surface area contributed by atoms with Gasteiger partial charge in [-0.05, 0) is 13.0 Å². The number of carbonyl (C=O) groups is 1. The molecule has 5 heteroatoms. The molecular weight excluding hydrogens is 198 g/mol. The Bertz CT molecular complexity index is 189. The first-order chi connectivity index (χ1) is 6.24. The van der Waals surface area contributed by atoms with Crippen LogP contribution in [0.5, 0.6) is 0 Å². The summed E-state index contributed by atoms with van der Waals surface area (Å²) in [5, 5.41) is 9.03. The second-order valence-electron chi connectivity index (χ2n) is 4.74. The largest absolute Gasteiger partial charge is 0.465 e. The van der Waals surface area contributed by atoms with Crippen molar-refractivity contribution in [3.63, 3.8) is 0 Å². The molecule has 0 amide bonds. The van der Waals surface area contributed by atoms with Gasteiger partial charge in [0, 0.05) is 8.07 Å². The molecule has 4 nitrogen and oxygen atoms in total. The van der Waals surface area contributed by atoms with Crippen LogP contribution in [0.25, 0.3) is 0 Å². The molecule has 0 saturated heterocycles. The van der Waals surface area contributed by atoms with E-state index in [4.69, 9.17) is 15.6 Å². The van der Waals surface area contributed by atoms with Crippen LogP contribution in [0.4, 0.5) is 0 Å². The van der Waals surface area contributed by atoms with Crippen molar-refractivity contribution in [3.8, 4) is 0 Å². The highest BCUT2D eigenvalue weighted by Crippen LogP contribution is 2.08. The highest BCUT2D eigenvalue weighted by molar-refractivity contribution is 6.76. The second-order valence-corrected chi connectivity index (χ2v) is 10.4. The minimum absolute atomic E-state index is 0.412. The lowest BCUT2D eigenvalue weighted by Crippen LogP contribution is -2.41. The van der Waals surface area contributed by atoms with Crippen molar-refractivity contribution in [3.05, 3.63) is 0 Å². The van der Waals surface area contributed by atoms with Gasteiger partial charge < -0.3 is 15.6 Å². The van der Waals surface area contributed by atoms with Gasteiger partial charge in [0.25, 0.3) is 0 Å². The molecule has 0 saturated carbocycles. The highest BCUT2D eigenvalue weighted by atomic mass is 28.3. The summed E-state index contributed by atoms with van der Waals surface area (Å²) >= 11 is 0. The first-order valence-corrected chi connectivity index (χ1v) is 8.55. The molecule has 0 rings (SSSR count). The molecule has 84 valence electrons. The number of carbonyl (C=O) groups excluding carboxylic acids is 1. The molecule has 0 aliphatic rings. The van der Waals surface area contributed by atoms with Crippen molar-refractivity contribution in [2.45, 2.75) is 44.8 Å². The SMILES string of the molecule is C[C@H](O)[C@@H](N)C(=O)OCC[Si](C)(C)C. The van der Waals surface area contributed by atoms with Crippen molar-refractivity contribution in [2.24, 2.45) is 5.73 Å². The molecule has 0 unspecified atom stereocenters. The van der Waals surface area contributed by atoms with E-state index in [2.05, 4.69) is 19.6 Å². The second kappa shape index (κ2) is 5.48. The molecule has 3 N–H and O–H groups in total. The Balaban J connectivity index is 3.75. The minimum Gasteiger partial charge on any atom is -0.465 e. The number of hydrogen-bond acceptors (Lipinski definition) is 4. The summed E-state index contributed by atoms with van der Waals surface area (Å²) in [6, 6.07) is 0.00211. The molecule has 0 fully saturated rings. The van der Waals surface area contributed by atoms with Gasteiger partial charge in [0.05, 0.1) is 12.7 Å². The molecule has 0 aromatic heterocycles. The van der Waals surface area contributed by atoms with Crippen molar-refractivity contribution >= 4 is 14.0 Å². The number of nitrogens with two attached hydrogens (primary N) is 1. The Morgan fingerprint density at radius 1 is 1.50 bits per heavy atom. The van der Waals surface area contributed by atoms with Crippen molar-refractivity contribution < 1.29 is 14.6 Å². The van der Waals surface area contributed by atoms with Crippen LogP contribution in [-0.4, -0.2) is 37.9 Å². The van der Waals surface area contributed by atoms with Crippen molar-refractivity contribution in [1.29, 1.82) is 0 Å². The van der Waals surface area contributed by atoms with E-state index in [1.54, 1.807) is 0 Å². The van der Waals surface area contributed by atoms with Crippen LogP contribution >= 0.6 is 0 Å². The third kappa shape index (κ3) is 6.12. The Kier molecular flexibility index (Phi) is 5.32. The van der Waals surface area contributed by atoms with Crippen LogP contribution in [0.15, 0.2) is 0 Å². The molecule has 0 aromatic carbocycles. The van der Waals surface area contributed by atoms with E-state index in [9.17, 15) is 4.79 Å². The van der Waals surface area contributed by atoms with Gasteiger partial charge in [-0.3, -0.25) is 4.79 Å². The summed E-state index contributed by atoms with van der Waals surface area (Å²) in [6.07, 6.45) is -0.852. The fourth-order valence-electron chi connectivity index (χ4n) is 0.751. The van der Waals surface area contributed by atoms with Gasteiger partial charge >= 0.3 is 5.97 Å². The molecule has 0 aliphatic heterocycles. The summed E-state index contributed by atoms with van der Waals surface area (Å²) < 4.78 is 4.95. The zero-order valence-corrected chi connectivity index (χ0v) is 10.4. The number of ether oxygens (including phenoxy) is 1. The summed E-state index contributed by atoms with van der Waals surface area (Å²) in [6.45, 7) is 8.50. The average molecular weight is 219 g/mol. The van der Waals surface area contributed by atoms with Crippen molar-refractivity contribution in [2.75, 3.05) is 6.61 Å². The first-order valence-electron chi connectivity index (χ1n) is 4.84. The monoisotopic (exact) mass is 219 g/mol. The van der Waals surface area contributed by atoms with E-state index >= 15 is 0 Å². The van der Waals surface area contributed by atoms with E-state index in [-0.39, 0.29) is 0 Å². The normalized spacial score (nSPS) is 16.1. The molecule has 0 spiro atoms. The maximum absolute atomic E-state index is 11.2. The predicted molar refractivity (Wildman–Crippen MR) is 58.8 cm³/mol. The van der Waals surface area contributed by atoms with Gasteiger partial charge in [0.1, 0.15) is 6.04 Å². The van der Waals surface area contributed by atoms with Crippen LogP contribution < -0.4 is 5.73 Å². The van der Waals surface area contributed by atoms with Crippen LogP contribution in [-0.2, 0) is 9.53 Å². The van der Waals surface area contributed by atoms with Gasteiger partial charge in [-0.2, -0.15) is 0 Å². The van der Waals surface area contributed by atoms with E-state index < -0.39 is 26.2 Å². The lowest BCUT2D eigenvalue weighted by molar-refractivity contribution is -0.147. The topological polar surface area (TPSA) is 72.5 Å². The minimum atomic E-state index is -1.17. The van der Waals surface area contributed by atoms with Gasteiger partial charge in [0.15, 0.2) is 0 Å². The summed E-state index contributed by atoms with van der Waals surface area (Å²) in [4.78, 5) is 11.2. The number of rotatable bonds is 5. The van der Waals surface area contributed by atoms with Crippen LogP contribution in [0.2, 0.25) is 25.7 Å². The van der Waals surface area contributed by atoms with Gasteiger partial charge in [-0.15, -0.1) is 0 Å². The standard InChI is InChI=1S/C9H21NO3Si/c1-7(11)8(10)9(12)13-5-6-14(2,3)4/h7-8,11H,5-6,10H2,1-4H3/t7-,8+/m0/s1. The number of hydrogen-bond donors (Lipinski definition) is 2. The molecule has 0 bridgehead atoms. The number of esters is 1. The quantitative estimate of drug-likeness (QED) is 0.524. The Labute approximate surface area is 86.4 Å². The number of aliphatic hydroxyl groups excluding tert-OH is 1. The fourth-order valence-corrected chi connectivity index (χ4v) is 1.47. The average Bonchev–Trinajstić information content (AvgIpc) is 2.00. The third-order valence-electron chi connectivity index (χ3n) is 1.89. The zero-order chi connectivity index (χ0) is 11.4. The van der Waals surface area contributed by atoms with Crippen LogP contribution in [0.1, 0.15) is 6.92 Å². The smallest absolute Gasteiger partial charge is 0.325 e. The van der Waals surface area contributed by atoms with Gasteiger partial charge in [0.2, 0.25) is 0 Å². The number of aliphatic hydroxyl groups is 1. The predicted octanol–water partition coefficient (Wildman–Crippen LogP) is 0.576. The van der Waals surface area contributed by atoms with Gasteiger partial charge in [-0.1, -0.05) is 19.6 Å². The molecule has 14 heavy (non-hydrogen) atoms. The van der Waals surface area contributed by atoms with Crippen LogP contribution in [0, 0.1) is 0 Å². The van der Waals surface area contributed by atoms with E-state index in [1.165, 1.54) is 6.92 Å². The zero-order valence-electron chi connectivity index (χ0n) is 9.41. The molecule has 2 atom stereocenters. The summed E-state index contributed by atoms with van der Waals surface area (Å²) in [5.41, 5.74) is 5.40. The van der Waals surface area contributed by atoms with Crippen LogP contribution in [0.3, 0.4) is 0 Å². The van der Waals surface area contributed by atoms with Gasteiger partial charge in [-0.25, -0.2) is 0 Å². The summed E-state index contributed by atoms with van der Waals surface area (Å²) in [5.74, 6) is -0.516. The first kappa shape index (κ1) is 13.6. The lowest BCUT2D eigenvalue weighted by Gasteiger charge is -2.17. The van der Waals surface area contributed by atoms with Crippen molar-refractivity contribution in [1.82, 2.24) is 0 Å². The molecule has 0 aromatic rings. The Morgan fingerprint density at radius 3 is 2.36 bits per heavy atom. The Morgan fingerprint density at radius 2 is 2.00 bits per heavy atom.